The quantitative estimate of drug-likeness (QED) is 0.171. The van der Waals surface area contributed by atoms with Gasteiger partial charge in [-0.1, -0.05) is 43.1 Å². The molecule has 0 unspecified atom stereocenters. The molecule has 1 aliphatic carbocycles. The Morgan fingerprint density at radius 1 is 1.24 bits per heavy atom. The normalized spacial score (nSPS) is 13.7. The minimum Gasteiger partial charge on any atom is -0.292 e. The fourth-order valence-corrected chi connectivity index (χ4v) is 7.00. The zero-order chi connectivity index (χ0) is 20.4. The van der Waals surface area contributed by atoms with Crippen LogP contribution in [0.2, 0.25) is 4.34 Å². The SMILES string of the molecule is CCCCCn1c(SCC(=O)c2ccc(Cl)s2)nc2sc3c(c2c1=O)CCCC3. The second-order valence-electron chi connectivity index (χ2n) is 7.26. The molecular formula is C21H23ClN2O2S3. The number of carbonyl (C=O) groups is 1. The number of aromatic nitrogens is 2. The van der Waals surface area contributed by atoms with E-state index in [0.717, 1.165) is 48.7 Å². The molecule has 0 saturated heterocycles. The molecule has 29 heavy (non-hydrogen) atoms. The summed E-state index contributed by atoms with van der Waals surface area (Å²) in [6, 6.07) is 3.50. The highest BCUT2D eigenvalue weighted by atomic mass is 35.5. The number of nitrogens with zero attached hydrogens (tertiary/aromatic N) is 2. The number of ketones is 1. The van der Waals surface area contributed by atoms with Crippen molar-refractivity contribution < 1.29 is 4.79 Å². The van der Waals surface area contributed by atoms with Crippen LogP contribution in [0.25, 0.3) is 10.2 Å². The summed E-state index contributed by atoms with van der Waals surface area (Å²) in [5.74, 6) is 0.278. The second kappa shape index (κ2) is 9.33. The number of Topliss-reactive ketones (excluding diaryl/α,β-unsaturated/α-hetero) is 1. The molecule has 0 aliphatic heterocycles. The summed E-state index contributed by atoms with van der Waals surface area (Å²) < 4.78 is 2.41. The predicted octanol–water partition coefficient (Wildman–Crippen LogP) is 6.22. The van der Waals surface area contributed by atoms with Crippen molar-refractivity contribution in [3.63, 3.8) is 0 Å². The summed E-state index contributed by atoms with van der Waals surface area (Å²) in [6.07, 6.45) is 7.46. The van der Waals surface area contributed by atoms with E-state index in [0.29, 0.717) is 20.9 Å². The lowest BCUT2D eigenvalue weighted by Gasteiger charge is -2.13. The van der Waals surface area contributed by atoms with Gasteiger partial charge in [-0.15, -0.1) is 22.7 Å². The van der Waals surface area contributed by atoms with Crippen molar-refractivity contribution in [2.75, 3.05) is 5.75 Å². The molecule has 0 N–H and O–H groups in total. The molecule has 0 bridgehead atoms. The van der Waals surface area contributed by atoms with Gasteiger partial charge in [0.05, 0.1) is 20.4 Å². The van der Waals surface area contributed by atoms with Crippen molar-refractivity contribution in [3.05, 3.63) is 42.1 Å². The Balaban J connectivity index is 1.67. The first-order valence-electron chi connectivity index (χ1n) is 10.0. The number of thiophene rings is 2. The Kier molecular flexibility index (Phi) is 6.79. The Hall–Kier alpha value is -1.15. The Morgan fingerprint density at radius 2 is 2.07 bits per heavy atom. The topological polar surface area (TPSA) is 52.0 Å². The summed E-state index contributed by atoms with van der Waals surface area (Å²) in [6.45, 7) is 2.81. The number of hydrogen-bond donors (Lipinski definition) is 0. The lowest BCUT2D eigenvalue weighted by atomic mass is 9.97. The van der Waals surface area contributed by atoms with E-state index in [2.05, 4.69) is 6.92 Å². The molecule has 3 aromatic rings. The van der Waals surface area contributed by atoms with Gasteiger partial charge in [-0.3, -0.25) is 14.2 Å². The summed E-state index contributed by atoms with van der Waals surface area (Å²) in [7, 11) is 0. The van der Waals surface area contributed by atoms with E-state index in [1.165, 1.54) is 40.0 Å². The van der Waals surface area contributed by atoms with E-state index in [1.807, 2.05) is 0 Å². The number of hydrogen-bond acceptors (Lipinski definition) is 6. The Labute approximate surface area is 187 Å². The average Bonchev–Trinajstić information content (AvgIpc) is 3.31. The fourth-order valence-electron chi connectivity index (χ4n) is 3.71. The number of unbranched alkanes of at least 4 members (excludes halogenated alkanes) is 2. The maximum absolute atomic E-state index is 13.4. The monoisotopic (exact) mass is 466 g/mol. The van der Waals surface area contributed by atoms with Crippen LogP contribution in [0.15, 0.2) is 22.1 Å². The molecule has 8 heteroatoms. The molecule has 0 fully saturated rings. The number of rotatable bonds is 8. The average molecular weight is 467 g/mol. The number of thioether (sulfide) groups is 1. The molecule has 0 spiro atoms. The van der Waals surface area contributed by atoms with Gasteiger partial charge in [0, 0.05) is 11.4 Å². The summed E-state index contributed by atoms with van der Waals surface area (Å²) in [5.41, 5.74) is 1.29. The zero-order valence-corrected chi connectivity index (χ0v) is 19.5. The van der Waals surface area contributed by atoms with E-state index in [9.17, 15) is 9.59 Å². The maximum Gasteiger partial charge on any atom is 0.263 e. The first-order chi connectivity index (χ1) is 14.1. The number of carbonyl (C=O) groups excluding carboxylic acids is 1. The van der Waals surface area contributed by atoms with E-state index in [-0.39, 0.29) is 17.1 Å². The van der Waals surface area contributed by atoms with Crippen molar-refractivity contribution >= 4 is 62.0 Å². The van der Waals surface area contributed by atoms with Gasteiger partial charge in [0.15, 0.2) is 10.9 Å². The Morgan fingerprint density at radius 3 is 2.83 bits per heavy atom. The highest BCUT2D eigenvalue weighted by Gasteiger charge is 2.22. The maximum atomic E-state index is 13.4. The van der Waals surface area contributed by atoms with Gasteiger partial charge < -0.3 is 0 Å². The molecule has 4 nitrogen and oxygen atoms in total. The lowest BCUT2D eigenvalue weighted by molar-refractivity contribution is 0.102. The third-order valence-corrected chi connectivity index (χ3v) is 8.64. The van der Waals surface area contributed by atoms with Crippen molar-refractivity contribution in [2.24, 2.45) is 0 Å². The largest absolute Gasteiger partial charge is 0.292 e. The van der Waals surface area contributed by atoms with Gasteiger partial charge in [0.25, 0.3) is 5.56 Å². The van der Waals surface area contributed by atoms with Crippen molar-refractivity contribution in [2.45, 2.75) is 63.6 Å². The van der Waals surface area contributed by atoms with E-state index in [4.69, 9.17) is 16.6 Å². The van der Waals surface area contributed by atoms with Crippen LogP contribution >= 0.6 is 46.0 Å². The van der Waals surface area contributed by atoms with E-state index < -0.39 is 0 Å². The van der Waals surface area contributed by atoms with Crippen LogP contribution in [-0.4, -0.2) is 21.1 Å². The molecule has 0 atom stereocenters. The molecule has 154 valence electrons. The van der Waals surface area contributed by atoms with Gasteiger partial charge in [-0.25, -0.2) is 4.98 Å². The van der Waals surface area contributed by atoms with Crippen LogP contribution in [0.3, 0.4) is 0 Å². The van der Waals surface area contributed by atoms with Gasteiger partial charge in [-0.05, 0) is 49.8 Å². The number of halogens is 1. The number of fused-ring (bicyclic) bond motifs is 3. The molecule has 1 aliphatic rings. The standard InChI is InChI=1S/C21H23ClN2O2S3/c1-2-3-6-11-24-20(26)18-13-7-4-5-8-15(13)29-19(18)23-21(24)27-12-14(25)16-9-10-17(22)28-16/h9-10H,2-8,11-12H2,1H3. The predicted molar refractivity (Wildman–Crippen MR) is 124 cm³/mol. The van der Waals surface area contributed by atoms with Gasteiger partial charge >= 0.3 is 0 Å². The van der Waals surface area contributed by atoms with Crippen LogP contribution in [-0.2, 0) is 19.4 Å². The molecule has 0 aromatic carbocycles. The van der Waals surface area contributed by atoms with Crippen LogP contribution in [0.4, 0.5) is 0 Å². The fraction of sp³-hybridized carbons (Fsp3) is 0.476. The highest BCUT2D eigenvalue weighted by molar-refractivity contribution is 7.99. The van der Waals surface area contributed by atoms with Crippen LogP contribution in [0, 0.1) is 0 Å². The third-order valence-electron chi connectivity index (χ3n) is 5.21. The van der Waals surface area contributed by atoms with E-state index in [1.54, 1.807) is 28.0 Å². The van der Waals surface area contributed by atoms with Crippen LogP contribution < -0.4 is 5.56 Å². The van der Waals surface area contributed by atoms with Crippen LogP contribution in [0.5, 0.6) is 0 Å². The summed E-state index contributed by atoms with van der Waals surface area (Å²) >= 11 is 10.3. The van der Waals surface area contributed by atoms with E-state index >= 15 is 0 Å². The molecular weight excluding hydrogens is 444 g/mol. The minimum absolute atomic E-state index is 0.0202. The summed E-state index contributed by atoms with van der Waals surface area (Å²) in [4.78, 5) is 33.6. The molecule has 3 heterocycles. The number of aryl methyl sites for hydroxylation is 2. The lowest BCUT2D eigenvalue weighted by Crippen LogP contribution is -2.24. The zero-order valence-electron chi connectivity index (χ0n) is 16.3. The minimum atomic E-state index is 0.0202. The molecule has 0 amide bonds. The molecule has 4 rings (SSSR count). The second-order valence-corrected chi connectivity index (χ2v) is 11.0. The smallest absolute Gasteiger partial charge is 0.263 e. The van der Waals surface area contributed by atoms with Crippen molar-refractivity contribution in [1.82, 2.24) is 9.55 Å². The van der Waals surface area contributed by atoms with Gasteiger partial charge in [0.2, 0.25) is 0 Å². The Bertz CT molecular complexity index is 1100. The van der Waals surface area contributed by atoms with Crippen LogP contribution in [0.1, 0.15) is 59.1 Å². The summed E-state index contributed by atoms with van der Waals surface area (Å²) in [5, 5.41) is 1.48. The first-order valence-corrected chi connectivity index (χ1v) is 13.0. The third kappa shape index (κ3) is 4.48. The molecule has 0 radical (unpaired) electrons. The molecule has 0 saturated carbocycles. The highest BCUT2D eigenvalue weighted by Crippen LogP contribution is 2.35. The van der Waals surface area contributed by atoms with Crippen molar-refractivity contribution in [3.8, 4) is 0 Å². The first kappa shape index (κ1) is 21.1. The molecule has 3 aromatic heterocycles. The van der Waals surface area contributed by atoms with Crippen molar-refractivity contribution in [1.29, 1.82) is 0 Å². The van der Waals surface area contributed by atoms with Gasteiger partial charge in [0.1, 0.15) is 4.83 Å². The van der Waals surface area contributed by atoms with Gasteiger partial charge in [-0.2, -0.15) is 0 Å².